The second-order valence-electron chi connectivity index (χ2n) is 4.98. The van der Waals surface area contributed by atoms with Crippen LogP contribution in [-0.2, 0) is 17.8 Å². The molecule has 0 saturated carbocycles. The molecule has 5 N–H and O–H groups in total. The normalized spacial score (nSPS) is 11.5. The van der Waals surface area contributed by atoms with Crippen molar-refractivity contribution in [3.63, 3.8) is 0 Å². The highest BCUT2D eigenvalue weighted by molar-refractivity contribution is 5.83. The zero-order chi connectivity index (χ0) is 16.7. The van der Waals surface area contributed by atoms with Crippen molar-refractivity contribution in [1.82, 2.24) is 10.3 Å². The molecule has 0 aliphatic carbocycles. The van der Waals surface area contributed by atoms with Crippen LogP contribution in [0, 0.1) is 0 Å². The number of anilines is 1. The topological polar surface area (TPSA) is 117 Å². The summed E-state index contributed by atoms with van der Waals surface area (Å²) in [6.07, 6.45) is 0.910. The molecule has 1 aromatic carbocycles. The van der Waals surface area contributed by atoms with E-state index >= 15 is 0 Å². The molecule has 0 aliphatic heterocycles. The molecule has 0 bridgehead atoms. The van der Waals surface area contributed by atoms with Gasteiger partial charge in [0, 0.05) is 30.5 Å². The fourth-order valence-electron chi connectivity index (χ4n) is 1.99. The molecule has 2 aromatic rings. The Morgan fingerprint density at radius 3 is 2.52 bits per heavy atom. The number of benzene rings is 1. The first kappa shape index (κ1) is 16.4. The molecule has 7 nitrogen and oxygen atoms in total. The molecular weight excluding hydrogens is 296 g/mol. The summed E-state index contributed by atoms with van der Waals surface area (Å²) in [5, 5.41) is 13.6. The minimum atomic E-state index is -1.12. The number of nitrogens with one attached hydrogen (secondary N) is 2. The van der Waals surface area contributed by atoms with Crippen LogP contribution in [0.25, 0.3) is 0 Å². The lowest BCUT2D eigenvalue weighted by Gasteiger charge is -2.12. The Kier molecular flexibility index (Phi) is 5.65. The third kappa shape index (κ3) is 5.40. The van der Waals surface area contributed by atoms with E-state index in [4.69, 9.17) is 10.8 Å². The van der Waals surface area contributed by atoms with Gasteiger partial charge in [0.1, 0.15) is 0 Å². The van der Waals surface area contributed by atoms with Crippen LogP contribution >= 0.6 is 0 Å². The highest BCUT2D eigenvalue weighted by Gasteiger charge is 2.14. The average molecular weight is 314 g/mol. The zero-order valence-corrected chi connectivity index (χ0v) is 12.4. The monoisotopic (exact) mass is 314 g/mol. The molecule has 0 radical (unpaired) electrons. The molecule has 120 valence electrons. The fraction of sp³-hybridized carbons (Fsp3) is 0.188. The molecule has 23 heavy (non-hydrogen) atoms. The third-order valence-corrected chi connectivity index (χ3v) is 3.16. The number of rotatable bonds is 6. The quantitative estimate of drug-likeness (QED) is 0.642. The van der Waals surface area contributed by atoms with Gasteiger partial charge in [0.15, 0.2) is 0 Å². The van der Waals surface area contributed by atoms with Crippen LogP contribution in [0.5, 0.6) is 0 Å². The molecule has 1 atom stereocenters. The van der Waals surface area contributed by atoms with E-state index in [9.17, 15) is 9.59 Å². The maximum Gasteiger partial charge on any atom is 0.409 e. The van der Waals surface area contributed by atoms with Crippen LogP contribution in [0.2, 0.25) is 0 Å². The molecule has 0 spiro atoms. The van der Waals surface area contributed by atoms with E-state index in [2.05, 4.69) is 15.6 Å². The zero-order valence-electron chi connectivity index (χ0n) is 12.4. The fourth-order valence-corrected chi connectivity index (χ4v) is 1.99. The molecule has 1 unspecified atom stereocenters. The van der Waals surface area contributed by atoms with Crippen LogP contribution in [0.3, 0.4) is 0 Å². The highest BCUT2D eigenvalue weighted by atomic mass is 16.4. The van der Waals surface area contributed by atoms with Crippen molar-refractivity contribution >= 4 is 17.7 Å². The first-order valence-corrected chi connectivity index (χ1v) is 7.06. The van der Waals surface area contributed by atoms with Crippen molar-refractivity contribution in [2.45, 2.75) is 19.0 Å². The predicted molar refractivity (Wildman–Crippen MR) is 85.9 cm³/mol. The van der Waals surface area contributed by atoms with E-state index in [1.54, 1.807) is 36.5 Å². The molecule has 1 heterocycles. The van der Waals surface area contributed by atoms with Gasteiger partial charge < -0.3 is 16.2 Å². The summed E-state index contributed by atoms with van der Waals surface area (Å²) in [6, 6.07) is 11.5. The van der Waals surface area contributed by atoms with Crippen LogP contribution in [0.15, 0.2) is 48.7 Å². The summed E-state index contributed by atoms with van der Waals surface area (Å²) in [6.45, 7) is 0.322. The molecule has 0 saturated heterocycles. The Morgan fingerprint density at radius 2 is 1.91 bits per heavy atom. The number of pyridine rings is 1. The van der Waals surface area contributed by atoms with Crippen molar-refractivity contribution in [3.8, 4) is 0 Å². The lowest BCUT2D eigenvalue weighted by atomic mass is 10.1. The minimum absolute atomic E-state index is 0.261. The van der Waals surface area contributed by atoms with Gasteiger partial charge in [-0.3, -0.25) is 15.1 Å². The second-order valence-corrected chi connectivity index (χ2v) is 4.98. The Balaban J connectivity index is 1.82. The number of nitrogens with zero attached hydrogens (tertiary/aromatic N) is 1. The molecule has 0 fully saturated rings. The number of carbonyl (C=O) groups is 2. The van der Waals surface area contributed by atoms with Crippen LogP contribution in [0.1, 0.15) is 11.3 Å². The number of amides is 2. The van der Waals surface area contributed by atoms with E-state index in [1.807, 2.05) is 12.1 Å². The van der Waals surface area contributed by atoms with Gasteiger partial charge in [-0.1, -0.05) is 18.2 Å². The third-order valence-electron chi connectivity index (χ3n) is 3.16. The Labute approximate surface area is 133 Å². The Hall–Kier alpha value is -2.93. The summed E-state index contributed by atoms with van der Waals surface area (Å²) in [5.41, 5.74) is 7.95. The SMILES string of the molecule is NC(Cc1ccccn1)C(=O)NCc1ccc(NC(=O)O)cc1. The van der Waals surface area contributed by atoms with Gasteiger partial charge in [-0.15, -0.1) is 0 Å². The Morgan fingerprint density at radius 1 is 1.17 bits per heavy atom. The molecule has 2 rings (SSSR count). The van der Waals surface area contributed by atoms with E-state index in [1.165, 1.54) is 0 Å². The van der Waals surface area contributed by atoms with Gasteiger partial charge in [0.05, 0.1) is 6.04 Å². The van der Waals surface area contributed by atoms with Crippen molar-refractivity contribution in [2.75, 3.05) is 5.32 Å². The van der Waals surface area contributed by atoms with Gasteiger partial charge in [-0.05, 0) is 29.8 Å². The van der Waals surface area contributed by atoms with Gasteiger partial charge >= 0.3 is 6.09 Å². The molecule has 1 aromatic heterocycles. The summed E-state index contributed by atoms with van der Waals surface area (Å²) in [5.74, 6) is -0.261. The largest absolute Gasteiger partial charge is 0.465 e. The summed E-state index contributed by atoms with van der Waals surface area (Å²) in [7, 11) is 0. The molecule has 7 heteroatoms. The van der Waals surface area contributed by atoms with Crippen molar-refractivity contribution < 1.29 is 14.7 Å². The molecular formula is C16H18N4O3. The summed E-state index contributed by atoms with van der Waals surface area (Å²) < 4.78 is 0. The first-order chi connectivity index (χ1) is 11.0. The standard InChI is InChI=1S/C16H18N4O3/c17-14(9-13-3-1-2-8-18-13)15(21)19-10-11-4-6-12(7-5-11)20-16(22)23/h1-8,14,20H,9-10,17H2,(H,19,21)(H,22,23). The number of carbonyl (C=O) groups excluding carboxylic acids is 1. The van der Waals surface area contributed by atoms with Crippen LogP contribution in [-0.4, -0.2) is 28.1 Å². The number of nitrogens with two attached hydrogens (primary N) is 1. The predicted octanol–water partition coefficient (Wildman–Crippen LogP) is 1.36. The van der Waals surface area contributed by atoms with Gasteiger partial charge in [-0.2, -0.15) is 0 Å². The summed E-state index contributed by atoms with van der Waals surface area (Å²) in [4.78, 5) is 26.6. The van der Waals surface area contributed by atoms with Crippen molar-refractivity contribution in [1.29, 1.82) is 0 Å². The maximum absolute atomic E-state index is 12.0. The second kappa shape index (κ2) is 7.90. The van der Waals surface area contributed by atoms with Crippen molar-refractivity contribution in [2.24, 2.45) is 5.73 Å². The van der Waals surface area contributed by atoms with Crippen molar-refractivity contribution in [3.05, 3.63) is 59.9 Å². The maximum atomic E-state index is 12.0. The van der Waals surface area contributed by atoms with Gasteiger partial charge in [0.2, 0.25) is 5.91 Å². The Bertz CT molecular complexity index is 659. The molecule has 0 aliphatic rings. The van der Waals surface area contributed by atoms with Crippen LogP contribution in [0.4, 0.5) is 10.5 Å². The number of aromatic nitrogens is 1. The van der Waals surface area contributed by atoms with E-state index in [-0.39, 0.29) is 5.91 Å². The van der Waals surface area contributed by atoms with Gasteiger partial charge in [0.25, 0.3) is 0 Å². The minimum Gasteiger partial charge on any atom is -0.465 e. The average Bonchev–Trinajstić information content (AvgIpc) is 2.54. The van der Waals surface area contributed by atoms with E-state index < -0.39 is 12.1 Å². The summed E-state index contributed by atoms with van der Waals surface area (Å²) >= 11 is 0. The number of carboxylic acid groups (broad SMARTS) is 1. The van der Waals surface area contributed by atoms with Crippen LogP contribution < -0.4 is 16.4 Å². The van der Waals surface area contributed by atoms with E-state index in [0.29, 0.717) is 18.7 Å². The smallest absolute Gasteiger partial charge is 0.409 e. The number of hydrogen-bond donors (Lipinski definition) is 4. The highest BCUT2D eigenvalue weighted by Crippen LogP contribution is 2.09. The molecule has 2 amide bonds. The number of hydrogen-bond acceptors (Lipinski definition) is 4. The van der Waals surface area contributed by atoms with Gasteiger partial charge in [-0.25, -0.2) is 4.79 Å². The lowest BCUT2D eigenvalue weighted by Crippen LogP contribution is -2.41. The lowest BCUT2D eigenvalue weighted by molar-refractivity contribution is -0.122. The van der Waals surface area contributed by atoms with E-state index in [0.717, 1.165) is 11.3 Å². The first-order valence-electron chi connectivity index (χ1n) is 7.06.